The summed E-state index contributed by atoms with van der Waals surface area (Å²) in [6.45, 7) is 0.934. The Hall–Kier alpha value is -1.88. The fraction of sp³-hybridized carbons (Fsp3) is 0.308. The third-order valence-electron chi connectivity index (χ3n) is 2.59. The van der Waals surface area contributed by atoms with Crippen LogP contribution in [0.3, 0.4) is 0 Å². The molecule has 96 valence electrons. The Labute approximate surface area is 105 Å². The number of aromatic nitrogens is 2. The third kappa shape index (κ3) is 3.07. The van der Waals surface area contributed by atoms with Crippen LogP contribution < -0.4 is 4.74 Å². The van der Waals surface area contributed by atoms with Crippen LogP contribution in [0.15, 0.2) is 36.9 Å². The van der Waals surface area contributed by atoms with Gasteiger partial charge in [0.1, 0.15) is 0 Å². The summed E-state index contributed by atoms with van der Waals surface area (Å²) in [5.74, 6) is -0.296. The van der Waals surface area contributed by atoms with Gasteiger partial charge in [-0.15, -0.1) is 0 Å². The average molecular weight is 250 g/mol. The van der Waals surface area contributed by atoms with Crippen LogP contribution >= 0.6 is 0 Å². The van der Waals surface area contributed by atoms with Crippen LogP contribution in [0.1, 0.15) is 12.0 Å². The summed E-state index contributed by atoms with van der Waals surface area (Å²) >= 11 is 0. The number of aliphatic hydroxyl groups excluding tert-OH is 1. The van der Waals surface area contributed by atoms with Gasteiger partial charge in [0.05, 0.1) is 19.5 Å². The van der Waals surface area contributed by atoms with Crippen LogP contribution in [0.4, 0.5) is 4.39 Å². The van der Waals surface area contributed by atoms with Gasteiger partial charge in [-0.2, -0.15) is 0 Å². The molecule has 1 N–H and O–H groups in total. The number of benzene rings is 1. The molecule has 0 saturated carbocycles. The van der Waals surface area contributed by atoms with Crippen molar-refractivity contribution < 1.29 is 14.2 Å². The number of imidazole rings is 1. The maximum Gasteiger partial charge on any atom is 0.165 e. The highest BCUT2D eigenvalue weighted by Gasteiger charge is 2.08. The Bertz CT molecular complexity index is 486. The van der Waals surface area contributed by atoms with Gasteiger partial charge in [0, 0.05) is 24.5 Å². The zero-order valence-corrected chi connectivity index (χ0v) is 9.92. The standard InChI is InChI=1S/C13H15FN2O2/c14-12-4-1-3-11(9-17)13(12)18-8-2-6-16-7-5-15-10-16/h1,3-5,7,10,17H,2,6,8-9H2. The van der Waals surface area contributed by atoms with Gasteiger partial charge in [-0.25, -0.2) is 9.37 Å². The van der Waals surface area contributed by atoms with Gasteiger partial charge in [0.2, 0.25) is 0 Å². The molecular formula is C13H15FN2O2. The number of aliphatic hydroxyl groups is 1. The fourth-order valence-electron chi connectivity index (χ4n) is 1.68. The molecule has 0 aliphatic rings. The highest BCUT2D eigenvalue weighted by Crippen LogP contribution is 2.22. The Balaban J connectivity index is 1.86. The largest absolute Gasteiger partial charge is 0.490 e. The van der Waals surface area contributed by atoms with Crippen molar-refractivity contribution in [1.29, 1.82) is 0 Å². The Kier molecular flexibility index (Phi) is 4.30. The monoisotopic (exact) mass is 250 g/mol. The quantitative estimate of drug-likeness (QED) is 0.797. The average Bonchev–Trinajstić information content (AvgIpc) is 2.89. The lowest BCUT2D eigenvalue weighted by atomic mass is 10.2. The van der Waals surface area contributed by atoms with Crippen LogP contribution in [-0.2, 0) is 13.2 Å². The highest BCUT2D eigenvalue weighted by molar-refractivity contribution is 5.34. The van der Waals surface area contributed by atoms with Gasteiger partial charge in [-0.05, 0) is 12.5 Å². The lowest BCUT2D eigenvalue weighted by molar-refractivity contribution is 0.251. The molecule has 0 amide bonds. The summed E-state index contributed by atoms with van der Waals surface area (Å²) in [5.41, 5.74) is 0.470. The molecule has 0 aliphatic carbocycles. The first-order valence-corrected chi connectivity index (χ1v) is 5.78. The van der Waals surface area contributed by atoms with E-state index in [4.69, 9.17) is 9.84 Å². The van der Waals surface area contributed by atoms with E-state index in [2.05, 4.69) is 4.98 Å². The van der Waals surface area contributed by atoms with E-state index in [0.29, 0.717) is 12.2 Å². The lowest BCUT2D eigenvalue weighted by Gasteiger charge is -2.11. The predicted molar refractivity (Wildman–Crippen MR) is 64.7 cm³/mol. The van der Waals surface area contributed by atoms with E-state index in [9.17, 15) is 4.39 Å². The number of rotatable bonds is 6. The Morgan fingerprint density at radius 1 is 1.39 bits per heavy atom. The number of para-hydroxylation sites is 1. The van der Waals surface area contributed by atoms with Crippen LogP contribution in [0.25, 0.3) is 0 Å². The first-order chi connectivity index (χ1) is 8.81. The minimum atomic E-state index is -0.441. The molecule has 0 bridgehead atoms. The molecule has 18 heavy (non-hydrogen) atoms. The molecule has 1 aromatic heterocycles. The molecule has 2 aromatic rings. The van der Waals surface area contributed by atoms with Gasteiger partial charge >= 0.3 is 0 Å². The minimum absolute atomic E-state index is 0.144. The molecule has 4 nitrogen and oxygen atoms in total. The topological polar surface area (TPSA) is 47.3 Å². The van der Waals surface area contributed by atoms with Crippen molar-refractivity contribution in [3.63, 3.8) is 0 Å². The van der Waals surface area contributed by atoms with E-state index in [1.165, 1.54) is 6.07 Å². The molecule has 1 heterocycles. The maximum absolute atomic E-state index is 13.5. The molecule has 1 aromatic carbocycles. The van der Waals surface area contributed by atoms with Crippen molar-refractivity contribution in [2.45, 2.75) is 19.6 Å². The molecule has 2 rings (SSSR count). The number of nitrogens with zero attached hydrogens (tertiary/aromatic N) is 2. The van der Waals surface area contributed by atoms with Crippen LogP contribution in [-0.4, -0.2) is 21.3 Å². The summed E-state index contributed by atoms with van der Waals surface area (Å²) in [5, 5.41) is 9.09. The number of aryl methyl sites for hydroxylation is 1. The van der Waals surface area contributed by atoms with Gasteiger partial charge in [0.25, 0.3) is 0 Å². The van der Waals surface area contributed by atoms with E-state index in [1.807, 2.05) is 10.8 Å². The molecule has 0 spiro atoms. The minimum Gasteiger partial charge on any atom is -0.490 e. The first kappa shape index (κ1) is 12.6. The zero-order valence-electron chi connectivity index (χ0n) is 9.92. The third-order valence-corrected chi connectivity index (χ3v) is 2.59. The number of halogens is 1. The van der Waals surface area contributed by atoms with Crippen LogP contribution in [0.2, 0.25) is 0 Å². The van der Waals surface area contributed by atoms with E-state index in [-0.39, 0.29) is 12.4 Å². The zero-order chi connectivity index (χ0) is 12.8. The van der Waals surface area contributed by atoms with E-state index < -0.39 is 5.82 Å². The fourth-order valence-corrected chi connectivity index (χ4v) is 1.68. The molecule has 0 saturated heterocycles. The SMILES string of the molecule is OCc1cccc(F)c1OCCCn1ccnc1. The van der Waals surface area contributed by atoms with Crippen molar-refractivity contribution in [2.75, 3.05) is 6.61 Å². The van der Waals surface area contributed by atoms with Gasteiger partial charge in [0.15, 0.2) is 11.6 Å². The molecule has 0 fully saturated rings. The van der Waals surface area contributed by atoms with Crippen molar-refractivity contribution in [3.05, 3.63) is 48.3 Å². The van der Waals surface area contributed by atoms with Crippen molar-refractivity contribution in [2.24, 2.45) is 0 Å². The lowest BCUT2D eigenvalue weighted by Crippen LogP contribution is -2.06. The van der Waals surface area contributed by atoms with Gasteiger partial charge in [-0.3, -0.25) is 0 Å². The highest BCUT2D eigenvalue weighted by atomic mass is 19.1. The molecule has 5 heteroatoms. The van der Waals surface area contributed by atoms with Crippen molar-refractivity contribution in [3.8, 4) is 5.75 Å². The number of hydrogen-bond acceptors (Lipinski definition) is 3. The Morgan fingerprint density at radius 3 is 3.00 bits per heavy atom. The smallest absolute Gasteiger partial charge is 0.165 e. The molecule has 0 radical (unpaired) electrons. The molecular weight excluding hydrogens is 235 g/mol. The summed E-state index contributed by atoms with van der Waals surface area (Å²) in [6, 6.07) is 4.53. The molecule has 0 atom stereocenters. The summed E-state index contributed by atoms with van der Waals surface area (Å²) in [7, 11) is 0. The Morgan fingerprint density at radius 2 is 2.28 bits per heavy atom. The predicted octanol–water partition coefficient (Wildman–Crippen LogP) is 1.98. The maximum atomic E-state index is 13.5. The second-order valence-corrected chi connectivity index (χ2v) is 3.89. The first-order valence-electron chi connectivity index (χ1n) is 5.78. The number of ether oxygens (including phenoxy) is 1. The molecule has 0 unspecified atom stereocenters. The summed E-state index contributed by atoms with van der Waals surface area (Å²) < 4.78 is 20.8. The van der Waals surface area contributed by atoms with Crippen LogP contribution in [0.5, 0.6) is 5.75 Å². The van der Waals surface area contributed by atoms with Gasteiger partial charge in [-0.1, -0.05) is 12.1 Å². The van der Waals surface area contributed by atoms with Crippen LogP contribution in [0, 0.1) is 5.82 Å². The second kappa shape index (κ2) is 6.16. The normalized spacial score (nSPS) is 10.6. The molecule has 0 aliphatic heterocycles. The summed E-state index contributed by atoms with van der Waals surface area (Å²) in [6.07, 6.45) is 6.04. The van der Waals surface area contributed by atoms with E-state index >= 15 is 0 Å². The van der Waals surface area contributed by atoms with Crippen molar-refractivity contribution >= 4 is 0 Å². The second-order valence-electron chi connectivity index (χ2n) is 3.89. The van der Waals surface area contributed by atoms with E-state index in [0.717, 1.165) is 13.0 Å². The summed E-state index contributed by atoms with van der Waals surface area (Å²) in [4.78, 5) is 3.93. The van der Waals surface area contributed by atoms with E-state index in [1.54, 1.807) is 24.7 Å². The number of hydrogen-bond donors (Lipinski definition) is 1. The van der Waals surface area contributed by atoms with Gasteiger partial charge < -0.3 is 14.4 Å². The van der Waals surface area contributed by atoms with Crippen molar-refractivity contribution in [1.82, 2.24) is 9.55 Å².